The predicted molar refractivity (Wildman–Crippen MR) is 85.5 cm³/mol. The van der Waals surface area contributed by atoms with Crippen LogP contribution in [0.1, 0.15) is 18.4 Å². The minimum absolute atomic E-state index is 0.0159. The number of aliphatic hydroxyl groups excluding tert-OH is 1. The normalized spacial score (nSPS) is 25.7. The Morgan fingerprint density at radius 1 is 1.40 bits per heavy atom. The lowest BCUT2D eigenvalue weighted by Crippen LogP contribution is -2.41. The molecule has 0 aromatic heterocycles. The lowest BCUT2D eigenvalue weighted by atomic mass is 9.96. The van der Waals surface area contributed by atoms with Crippen LogP contribution >= 0.6 is 0 Å². The Labute approximate surface area is 143 Å². The number of hydrogen-bond donors (Lipinski definition) is 2. The minimum atomic E-state index is -0.632. The molecule has 3 atom stereocenters. The van der Waals surface area contributed by atoms with Gasteiger partial charge in [-0.15, -0.1) is 0 Å². The van der Waals surface area contributed by atoms with Gasteiger partial charge in [-0.3, -0.25) is 14.9 Å². The maximum Gasteiger partial charge on any atom is 0.410 e. The van der Waals surface area contributed by atoms with Crippen molar-refractivity contribution in [2.45, 2.75) is 31.6 Å². The molecule has 1 aromatic carbocycles. The number of carbonyl (C=O) groups excluding carboxylic acids is 2. The molecule has 0 unspecified atom stereocenters. The van der Waals surface area contributed by atoms with Gasteiger partial charge in [-0.2, -0.15) is 0 Å². The number of nitrogens with one attached hydrogen (secondary N) is 1. The number of nitrogens with zero attached hydrogens (tertiary/aromatic N) is 2. The summed E-state index contributed by atoms with van der Waals surface area (Å²) in [5, 5.41) is 23.3. The molecule has 2 fully saturated rings. The molecule has 0 bridgehead atoms. The zero-order chi connectivity index (χ0) is 18.0. The molecular formula is C16H19N3O6. The number of carbonyl (C=O) groups is 2. The minimum Gasteiger partial charge on any atom is -0.445 e. The highest BCUT2D eigenvalue weighted by atomic mass is 16.6. The average Bonchev–Trinajstić information content (AvgIpc) is 3.18. The van der Waals surface area contributed by atoms with E-state index in [1.165, 1.54) is 29.2 Å². The first-order valence-electron chi connectivity index (χ1n) is 8.05. The van der Waals surface area contributed by atoms with Crippen molar-refractivity contribution in [2.24, 2.45) is 5.92 Å². The molecule has 2 amide bonds. The van der Waals surface area contributed by atoms with Crippen LogP contribution in [0.4, 0.5) is 10.5 Å². The van der Waals surface area contributed by atoms with Gasteiger partial charge in [-0.05, 0) is 24.1 Å². The quantitative estimate of drug-likeness (QED) is 0.612. The van der Waals surface area contributed by atoms with Crippen molar-refractivity contribution in [3.63, 3.8) is 0 Å². The van der Waals surface area contributed by atoms with Crippen molar-refractivity contribution in [1.82, 2.24) is 10.2 Å². The highest BCUT2D eigenvalue weighted by Crippen LogP contribution is 2.29. The van der Waals surface area contributed by atoms with E-state index in [4.69, 9.17) is 4.74 Å². The first kappa shape index (κ1) is 17.2. The fraction of sp³-hybridized carbons (Fsp3) is 0.500. The number of likely N-dealkylation sites (tertiary alicyclic amines) is 1. The molecule has 2 aliphatic heterocycles. The zero-order valence-electron chi connectivity index (χ0n) is 13.5. The van der Waals surface area contributed by atoms with Crippen LogP contribution in [0.25, 0.3) is 0 Å². The molecule has 1 aromatic rings. The molecule has 134 valence electrons. The molecule has 3 rings (SSSR count). The number of ether oxygens (including phenoxy) is 1. The summed E-state index contributed by atoms with van der Waals surface area (Å²) in [6.45, 7) is 0.648. The molecule has 0 radical (unpaired) electrons. The van der Waals surface area contributed by atoms with Gasteiger partial charge in [0, 0.05) is 37.1 Å². The van der Waals surface area contributed by atoms with Gasteiger partial charge >= 0.3 is 6.09 Å². The van der Waals surface area contributed by atoms with Gasteiger partial charge < -0.3 is 20.1 Å². The van der Waals surface area contributed by atoms with E-state index < -0.39 is 17.1 Å². The second-order valence-corrected chi connectivity index (χ2v) is 6.36. The average molecular weight is 349 g/mol. The fourth-order valence-corrected chi connectivity index (χ4v) is 3.34. The monoisotopic (exact) mass is 349 g/mol. The van der Waals surface area contributed by atoms with Crippen LogP contribution in [0.15, 0.2) is 24.3 Å². The maximum atomic E-state index is 12.4. The van der Waals surface area contributed by atoms with E-state index in [0.717, 1.165) is 0 Å². The fourth-order valence-electron chi connectivity index (χ4n) is 3.34. The third-order valence-electron chi connectivity index (χ3n) is 4.62. The summed E-state index contributed by atoms with van der Waals surface area (Å²) in [5.41, 5.74) is 0.601. The van der Waals surface area contributed by atoms with Crippen molar-refractivity contribution < 1.29 is 24.4 Å². The maximum absolute atomic E-state index is 12.4. The number of aliphatic hydroxyl groups is 1. The molecule has 9 nitrogen and oxygen atoms in total. The van der Waals surface area contributed by atoms with Gasteiger partial charge in [0.15, 0.2) is 0 Å². The summed E-state index contributed by atoms with van der Waals surface area (Å²) in [6, 6.07) is 5.52. The molecule has 2 aliphatic rings. The van der Waals surface area contributed by atoms with Crippen molar-refractivity contribution >= 4 is 17.7 Å². The molecule has 25 heavy (non-hydrogen) atoms. The van der Waals surface area contributed by atoms with Crippen LogP contribution in [0.2, 0.25) is 0 Å². The second kappa shape index (κ2) is 7.06. The Morgan fingerprint density at radius 3 is 2.72 bits per heavy atom. The van der Waals surface area contributed by atoms with E-state index in [9.17, 15) is 24.8 Å². The molecule has 0 saturated carbocycles. The summed E-state index contributed by atoms with van der Waals surface area (Å²) >= 11 is 0. The molecule has 2 heterocycles. The molecule has 2 saturated heterocycles. The Balaban J connectivity index is 1.59. The van der Waals surface area contributed by atoms with E-state index >= 15 is 0 Å². The first-order valence-corrected chi connectivity index (χ1v) is 8.05. The van der Waals surface area contributed by atoms with E-state index in [-0.39, 0.29) is 36.7 Å². The Morgan fingerprint density at radius 2 is 2.12 bits per heavy atom. The molecule has 0 spiro atoms. The van der Waals surface area contributed by atoms with Crippen LogP contribution in [-0.2, 0) is 16.1 Å². The standard InChI is InChI=1S/C16H19N3O6/c20-13-6-14(11-5-15(21)17-7-11)18(8-13)16(22)25-9-10-1-3-12(4-2-10)19(23)24/h1-4,11,13-14,20H,5-9H2,(H,17,21)/t11-,13-,14+/m1/s1. The molecule has 0 aliphatic carbocycles. The molecular weight excluding hydrogens is 330 g/mol. The van der Waals surface area contributed by atoms with Crippen molar-refractivity contribution in [1.29, 1.82) is 0 Å². The SMILES string of the molecule is O=C1C[C@@H]([C@@H]2C[C@@H](O)CN2C(=O)OCc2ccc([N+](=O)[O-])cc2)CN1. The van der Waals surface area contributed by atoms with Gasteiger partial charge in [0.25, 0.3) is 5.69 Å². The predicted octanol–water partition coefficient (Wildman–Crippen LogP) is 0.803. The summed E-state index contributed by atoms with van der Waals surface area (Å²) in [6.07, 6.45) is -0.428. The topological polar surface area (TPSA) is 122 Å². The zero-order valence-corrected chi connectivity index (χ0v) is 13.5. The van der Waals surface area contributed by atoms with E-state index in [1.54, 1.807) is 0 Å². The number of rotatable bonds is 4. The smallest absolute Gasteiger partial charge is 0.410 e. The Hall–Kier alpha value is -2.68. The lowest BCUT2D eigenvalue weighted by Gasteiger charge is -2.27. The highest BCUT2D eigenvalue weighted by Gasteiger charge is 2.42. The Kier molecular flexibility index (Phi) is 4.84. The summed E-state index contributed by atoms with van der Waals surface area (Å²) in [5.74, 6) is -0.0813. The third-order valence-corrected chi connectivity index (χ3v) is 4.62. The second-order valence-electron chi connectivity index (χ2n) is 6.36. The first-order chi connectivity index (χ1) is 11.9. The van der Waals surface area contributed by atoms with Gasteiger partial charge in [0.1, 0.15) is 6.61 Å². The van der Waals surface area contributed by atoms with Crippen molar-refractivity contribution in [3.05, 3.63) is 39.9 Å². The summed E-state index contributed by atoms with van der Waals surface area (Å²) in [4.78, 5) is 35.4. The number of nitro benzene ring substituents is 1. The number of β-amino-alcohol motifs (C(OH)–C–C–N with tert-alkyl or cyclic N) is 1. The van der Waals surface area contributed by atoms with E-state index in [1.807, 2.05) is 0 Å². The van der Waals surface area contributed by atoms with Crippen LogP contribution < -0.4 is 5.32 Å². The van der Waals surface area contributed by atoms with E-state index in [2.05, 4.69) is 5.32 Å². The van der Waals surface area contributed by atoms with Crippen LogP contribution in [-0.4, -0.2) is 52.2 Å². The number of amides is 2. The highest BCUT2D eigenvalue weighted by molar-refractivity contribution is 5.78. The third kappa shape index (κ3) is 3.87. The molecule has 9 heteroatoms. The van der Waals surface area contributed by atoms with Gasteiger partial charge in [-0.1, -0.05) is 0 Å². The lowest BCUT2D eigenvalue weighted by molar-refractivity contribution is -0.384. The number of nitro groups is 1. The summed E-state index contributed by atoms with van der Waals surface area (Å²) in [7, 11) is 0. The van der Waals surface area contributed by atoms with Crippen LogP contribution in [0, 0.1) is 16.0 Å². The largest absolute Gasteiger partial charge is 0.445 e. The van der Waals surface area contributed by atoms with Crippen molar-refractivity contribution in [3.8, 4) is 0 Å². The van der Waals surface area contributed by atoms with Gasteiger partial charge in [0.2, 0.25) is 5.91 Å². The van der Waals surface area contributed by atoms with Gasteiger partial charge in [-0.25, -0.2) is 4.79 Å². The van der Waals surface area contributed by atoms with Crippen molar-refractivity contribution in [2.75, 3.05) is 13.1 Å². The summed E-state index contributed by atoms with van der Waals surface area (Å²) < 4.78 is 5.28. The molecule has 2 N–H and O–H groups in total. The Bertz CT molecular complexity index is 677. The number of hydrogen-bond acceptors (Lipinski definition) is 6. The van der Waals surface area contributed by atoms with E-state index in [0.29, 0.717) is 24.9 Å². The van der Waals surface area contributed by atoms with Crippen LogP contribution in [0.3, 0.4) is 0 Å². The van der Waals surface area contributed by atoms with Gasteiger partial charge in [0.05, 0.1) is 17.6 Å². The number of benzene rings is 1. The van der Waals surface area contributed by atoms with Crippen LogP contribution in [0.5, 0.6) is 0 Å². The number of non-ortho nitro benzene ring substituents is 1.